The fraction of sp³-hybridized carbons (Fsp3) is 0.176. The molecule has 0 spiro atoms. The molecule has 0 saturated carbocycles. The summed E-state index contributed by atoms with van der Waals surface area (Å²) in [5.41, 5.74) is 3.63. The van der Waals surface area contributed by atoms with E-state index in [2.05, 4.69) is 10.3 Å². The lowest BCUT2D eigenvalue weighted by Gasteiger charge is -2.07. The average molecular weight is 309 g/mol. The Morgan fingerprint density at radius 1 is 1.13 bits per heavy atom. The van der Waals surface area contributed by atoms with Gasteiger partial charge in [-0.2, -0.15) is 0 Å². The summed E-state index contributed by atoms with van der Waals surface area (Å²) < 4.78 is 8.40. The molecule has 6 nitrogen and oxygen atoms in total. The fourth-order valence-corrected chi connectivity index (χ4v) is 2.30. The number of nitrogens with zero attached hydrogens (tertiary/aromatic N) is 4. The molecule has 116 valence electrons. The van der Waals surface area contributed by atoms with Crippen molar-refractivity contribution in [1.29, 1.82) is 0 Å². The molecule has 2 aromatic heterocycles. The van der Waals surface area contributed by atoms with Crippen molar-refractivity contribution in [3.63, 3.8) is 0 Å². The molecule has 0 unspecified atom stereocenters. The molecule has 0 aliphatic rings. The van der Waals surface area contributed by atoms with Gasteiger partial charge in [-0.1, -0.05) is 22.9 Å². The Labute approximate surface area is 134 Å². The highest BCUT2D eigenvalue weighted by atomic mass is 16.5. The highest BCUT2D eigenvalue weighted by Gasteiger charge is 2.23. The number of benzene rings is 1. The van der Waals surface area contributed by atoms with E-state index in [0.29, 0.717) is 5.69 Å². The Hall–Kier alpha value is -3.02. The number of ether oxygens (including phenoxy) is 1. The van der Waals surface area contributed by atoms with Crippen molar-refractivity contribution in [2.24, 2.45) is 7.05 Å². The molecule has 1 aromatic carbocycles. The van der Waals surface area contributed by atoms with E-state index in [-0.39, 0.29) is 5.69 Å². The Kier molecular flexibility index (Phi) is 3.89. The zero-order chi connectivity index (χ0) is 16.4. The molecule has 0 atom stereocenters. The van der Waals surface area contributed by atoms with E-state index in [1.807, 2.05) is 67.3 Å². The van der Waals surface area contributed by atoms with Gasteiger partial charge in [0.25, 0.3) is 0 Å². The van der Waals surface area contributed by atoms with Crippen LogP contribution in [-0.2, 0) is 11.8 Å². The summed E-state index contributed by atoms with van der Waals surface area (Å²) in [4.78, 5) is 12.0. The molecular formula is C17H17N4O2+. The summed E-state index contributed by atoms with van der Waals surface area (Å²) in [6.45, 7) is 2.02. The second kappa shape index (κ2) is 6.00. The molecule has 6 heteroatoms. The van der Waals surface area contributed by atoms with Gasteiger partial charge in [0.15, 0.2) is 18.1 Å². The summed E-state index contributed by atoms with van der Waals surface area (Å²) in [6.07, 6.45) is 3.81. The maximum Gasteiger partial charge on any atom is 0.360 e. The van der Waals surface area contributed by atoms with Crippen LogP contribution in [0.5, 0.6) is 0 Å². The number of rotatable bonds is 3. The minimum absolute atomic E-state index is 0.196. The van der Waals surface area contributed by atoms with Gasteiger partial charge in [0.1, 0.15) is 12.7 Å². The van der Waals surface area contributed by atoms with Gasteiger partial charge in [0, 0.05) is 17.7 Å². The van der Waals surface area contributed by atoms with Crippen molar-refractivity contribution >= 4 is 5.97 Å². The predicted octanol–water partition coefficient (Wildman–Crippen LogP) is 1.85. The van der Waals surface area contributed by atoms with Gasteiger partial charge in [-0.05, 0) is 19.1 Å². The van der Waals surface area contributed by atoms with Gasteiger partial charge in [-0.3, -0.25) is 0 Å². The lowest BCUT2D eigenvalue weighted by atomic mass is 10.1. The highest BCUT2D eigenvalue weighted by molar-refractivity contribution is 5.94. The average Bonchev–Trinajstić information content (AvgIpc) is 3.00. The molecule has 3 rings (SSSR count). The van der Waals surface area contributed by atoms with Crippen LogP contribution in [0.3, 0.4) is 0 Å². The SMILES string of the molecule is COC(=O)c1nnn(-c2ccc(C)cc2)c1-c1cc[n+](C)cc1. The molecule has 3 aromatic rings. The van der Waals surface area contributed by atoms with Crippen molar-refractivity contribution < 1.29 is 14.1 Å². The number of esters is 1. The number of methoxy groups -OCH3 is 1. The van der Waals surface area contributed by atoms with Crippen molar-refractivity contribution in [2.75, 3.05) is 7.11 Å². The number of pyridine rings is 1. The largest absolute Gasteiger partial charge is 0.464 e. The van der Waals surface area contributed by atoms with Crippen molar-refractivity contribution in [1.82, 2.24) is 15.0 Å². The van der Waals surface area contributed by atoms with E-state index in [1.165, 1.54) is 7.11 Å². The smallest absolute Gasteiger partial charge is 0.360 e. The van der Waals surface area contributed by atoms with E-state index >= 15 is 0 Å². The number of hydrogen-bond donors (Lipinski definition) is 0. The van der Waals surface area contributed by atoms with Crippen molar-refractivity contribution in [3.8, 4) is 16.9 Å². The molecule has 0 aliphatic carbocycles. The van der Waals surface area contributed by atoms with Crippen LogP contribution in [-0.4, -0.2) is 28.1 Å². The normalized spacial score (nSPS) is 10.6. The van der Waals surface area contributed by atoms with E-state index in [1.54, 1.807) is 4.68 Å². The molecule has 0 saturated heterocycles. The van der Waals surface area contributed by atoms with Crippen LogP contribution in [0, 0.1) is 6.92 Å². The summed E-state index contributed by atoms with van der Waals surface area (Å²) in [5.74, 6) is -0.508. The first-order chi connectivity index (χ1) is 11.1. The van der Waals surface area contributed by atoms with Crippen LogP contribution < -0.4 is 4.57 Å². The van der Waals surface area contributed by atoms with E-state index in [4.69, 9.17) is 4.74 Å². The highest BCUT2D eigenvalue weighted by Crippen LogP contribution is 2.25. The summed E-state index contributed by atoms with van der Waals surface area (Å²) in [6, 6.07) is 11.7. The third-order valence-electron chi connectivity index (χ3n) is 3.58. The summed E-state index contributed by atoms with van der Waals surface area (Å²) >= 11 is 0. The zero-order valence-electron chi connectivity index (χ0n) is 13.2. The van der Waals surface area contributed by atoms with Crippen LogP contribution in [0.4, 0.5) is 0 Å². The quantitative estimate of drug-likeness (QED) is 0.547. The Bertz CT molecular complexity index is 836. The van der Waals surface area contributed by atoms with Gasteiger partial charge in [-0.25, -0.2) is 14.0 Å². The summed E-state index contributed by atoms with van der Waals surface area (Å²) in [7, 11) is 3.27. The Balaban J connectivity index is 2.20. The van der Waals surface area contributed by atoms with Crippen molar-refractivity contribution in [3.05, 3.63) is 60.0 Å². The molecule has 0 N–H and O–H groups in total. The van der Waals surface area contributed by atoms with Crippen LogP contribution in [0.1, 0.15) is 16.1 Å². The number of hydrogen-bond acceptors (Lipinski definition) is 4. The van der Waals surface area contributed by atoms with Crippen LogP contribution in [0.15, 0.2) is 48.8 Å². The number of aromatic nitrogens is 4. The Morgan fingerprint density at radius 2 is 1.78 bits per heavy atom. The monoisotopic (exact) mass is 309 g/mol. The number of aryl methyl sites for hydroxylation is 2. The third-order valence-corrected chi connectivity index (χ3v) is 3.58. The molecule has 2 heterocycles. The number of carbonyl (C=O) groups is 1. The first kappa shape index (κ1) is 14.9. The molecule has 0 aliphatic heterocycles. The maximum absolute atomic E-state index is 12.0. The van der Waals surface area contributed by atoms with Gasteiger partial charge < -0.3 is 4.74 Å². The topological polar surface area (TPSA) is 60.9 Å². The third kappa shape index (κ3) is 2.83. The van der Waals surface area contributed by atoms with Gasteiger partial charge in [0.2, 0.25) is 0 Å². The second-order valence-electron chi connectivity index (χ2n) is 5.28. The Morgan fingerprint density at radius 3 is 2.39 bits per heavy atom. The molecular weight excluding hydrogens is 292 g/mol. The zero-order valence-corrected chi connectivity index (χ0v) is 13.2. The van der Waals surface area contributed by atoms with Gasteiger partial charge in [0.05, 0.1) is 12.8 Å². The van der Waals surface area contributed by atoms with Gasteiger partial charge >= 0.3 is 5.97 Å². The van der Waals surface area contributed by atoms with Crippen LogP contribution >= 0.6 is 0 Å². The standard InChI is InChI=1S/C17H17N4O2/c1-12-4-6-14(7-5-12)21-16(13-8-10-20(2)11-9-13)15(18-19-21)17(22)23-3/h4-11H,1-3H3/q+1. The van der Waals surface area contributed by atoms with Crippen LogP contribution in [0.25, 0.3) is 16.9 Å². The lowest BCUT2D eigenvalue weighted by molar-refractivity contribution is -0.671. The minimum Gasteiger partial charge on any atom is -0.464 e. The van der Waals surface area contributed by atoms with E-state index < -0.39 is 5.97 Å². The van der Waals surface area contributed by atoms with E-state index in [9.17, 15) is 4.79 Å². The second-order valence-corrected chi connectivity index (χ2v) is 5.28. The van der Waals surface area contributed by atoms with Crippen LogP contribution in [0.2, 0.25) is 0 Å². The first-order valence-corrected chi connectivity index (χ1v) is 7.17. The predicted molar refractivity (Wildman–Crippen MR) is 84.0 cm³/mol. The van der Waals surface area contributed by atoms with E-state index in [0.717, 1.165) is 16.8 Å². The molecule has 0 fully saturated rings. The first-order valence-electron chi connectivity index (χ1n) is 7.17. The number of carbonyl (C=O) groups excluding carboxylic acids is 1. The van der Waals surface area contributed by atoms with Crippen molar-refractivity contribution in [2.45, 2.75) is 6.92 Å². The maximum atomic E-state index is 12.0. The molecule has 0 amide bonds. The minimum atomic E-state index is -0.508. The summed E-state index contributed by atoms with van der Waals surface area (Å²) in [5, 5.41) is 8.16. The van der Waals surface area contributed by atoms with Gasteiger partial charge in [-0.15, -0.1) is 5.10 Å². The fourth-order valence-electron chi connectivity index (χ4n) is 2.30. The lowest BCUT2D eigenvalue weighted by Crippen LogP contribution is -2.25. The molecule has 23 heavy (non-hydrogen) atoms. The molecule has 0 radical (unpaired) electrons. The molecule has 0 bridgehead atoms.